The lowest BCUT2D eigenvalue weighted by Gasteiger charge is -2.32. The van der Waals surface area contributed by atoms with Gasteiger partial charge in [-0.3, -0.25) is 9.80 Å². The first-order valence-electron chi connectivity index (χ1n) is 7.67. The Hall–Kier alpha value is -1.62. The van der Waals surface area contributed by atoms with E-state index in [1.54, 1.807) is 11.0 Å². The summed E-state index contributed by atoms with van der Waals surface area (Å²) < 4.78 is 18.8. The molecule has 2 heterocycles. The van der Waals surface area contributed by atoms with Gasteiger partial charge in [0.15, 0.2) is 0 Å². The maximum absolute atomic E-state index is 13.6. The lowest BCUT2D eigenvalue weighted by Crippen LogP contribution is -2.40. The maximum atomic E-state index is 13.6. The van der Waals surface area contributed by atoms with Crippen molar-refractivity contribution >= 4 is 11.8 Å². The van der Waals surface area contributed by atoms with Crippen molar-refractivity contribution in [3.63, 3.8) is 0 Å². The fourth-order valence-corrected chi connectivity index (χ4v) is 3.34. The summed E-state index contributed by atoms with van der Waals surface area (Å²) in [5.74, 6) is 0.521. The zero-order chi connectivity index (χ0) is 14.4. The fraction of sp³-hybridized carbons (Fsp3) is 0.562. The molecular weight excluding hydrogens is 271 g/mol. The second kappa shape index (κ2) is 4.98. The van der Waals surface area contributed by atoms with Gasteiger partial charge in [0.25, 0.3) is 0 Å². The van der Waals surface area contributed by atoms with Crippen LogP contribution < -0.4 is 4.90 Å². The molecule has 1 saturated carbocycles. The Morgan fingerprint density at radius 2 is 2.14 bits per heavy atom. The molecule has 2 aliphatic heterocycles. The van der Waals surface area contributed by atoms with Gasteiger partial charge >= 0.3 is 6.09 Å². The summed E-state index contributed by atoms with van der Waals surface area (Å²) in [7, 11) is 0. The quantitative estimate of drug-likeness (QED) is 0.839. The molecule has 0 radical (unpaired) electrons. The molecule has 0 N–H and O–H groups in total. The Morgan fingerprint density at radius 3 is 2.95 bits per heavy atom. The molecule has 1 atom stereocenters. The van der Waals surface area contributed by atoms with Crippen LogP contribution in [0.3, 0.4) is 0 Å². The van der Waals surface area contributed by atoms with E-state index in [4.69, 9.17) is 4.74 Å². The lowest BCUT2D eigenvalue weighted by atomic mass is 10.0. The summed E-state index contributed by atoms with van der Waals surface area (Å²) in [5, 5.41) is 0. The second-order valence-corrected chi connectivity index (χ2v) is 6.34. The van der Waals surface area contributed by atoms with E-state index < -0.39 is 0 Å². The summed E-state index contributed by atoms with van der Waals surface area (Å²) in [4.78, 5) is 16.1. The summed E-state index contributed by atoms with van der Waals surface area (Å²) in [6.45, 7) is 3.26. The van der Waals surface area contributed by atoms with Crippen LogP contribution in [0.1, 0.15) is 24.8 Å². The zero-order valence-corrected chi connectivity index (χ0v) is 11.9. The van der Waals surface area contributed by atoms with Crippen molar-refractivity contribution in [1.29, 1.82) is 0 Å². The smallest absolute Gasteiger partial charge is 0.414 e. The van der Waals surface area contributed by atoms with Crippen LogP contribution in [-0.4, -0.2) is 36.7 Å². The Kier molecular flexibility index (Phi) is 3.10. The predicted octanol–water partition coefficient (Wildman–Crippen LogP) is 2.77. The van der Waals surface area contributed by atoms with Gasteiger partial charge in [-0.1, -0.05) is 6.07 Å². The number of anilines is 1. The lowest BCUT2D eigenvalue weighted by molar-refractivity contribution is 0.177. The van der Waals surface area contributed by atoms with Crippen molar-refractivity contribution in [3.05, 3.63) is 29.6 Å². The Morgan fingerprint density at radius 1 is 1.29 bits per heavy atom. The van der Waals surface area contributed by atoms with E-state index in [1.165, 1.54) is 25.0 Å². The first-order valence-corrected chi connectivity index (χ1v) is 7.67. The number of benzene rings is 1. The van der Waals surface area contributed by atoms with E-state index >= 15 is 0 Å². The monoisotopic (exact) mass is 290 g/mol. The molecule has 1 aromatic rings. The average molecular weight is 290 g/mol. The molecule has 1 aliphatic carbocycles. The van der Waals surface area contributed by atoms with E-state index in [0.29, 0.717) is 12.3 Å². The van der Waals surface area contributed by atoms with Crippen LogP contribution in [0, 0.1) is 11.7 Å². The minimum absolute atomic E-state index is 0.0278. The van der Waals surface area contributed by atoms with Gasteiger partial charge in [-0.25, -0.2) is 9.18 Å². The number of carbonyl (C=O) groups excluding carboxylic acids is 1. The summed E-state index contributed by atoms with van der Waals surface area (Å²) in [6.07, 6.45) is 3.19. The molecule has 5 heteroatoms. The van der Waals surface area contributed by atoms with E-state index in [-0.39, 0.29) is 18.0 Å². The van der Waals surface area contributed by atoms with Crippen LogP contribution >= 0.6 is 0 Å². The molecule has 0 spiro atoms. The fourth-order valence-electron chi connectivity index (χ4n) is 3.34. The minimum Gasteiger partial charge on any atom is -0.447 e. The number of amides is 1. The number of nitrogens with zero attached hydrogens (tertiary/aromatic N) is 2. The van der Waals surface area contributed by atoms with Crippen LogP contribution in [-0.2, 0) is 11.3 Å². The second-order valence-electron chi connectivity index (χ2n) is 6.34. The van der Waals surface area contributed by atoms with Crippen molar-refractivity contribution in [2.24, 2.45) is 5.92 Å². The highest BCUT2D eigenvalue weighted by molar-refractivity contribution is 5.91. The minimum atomic E-state index is -0.345. The normalized spacial score (nSPS) is 25.9. The third kappa shape index (κ3) is 2.50. The van der Waals surface area contributed by atoms with Gasteiger partial charge in [0.1, 0.15) is 12.4 Å². The van der Waals surface area contributed by atoms with Gasteiger partial charge in [0, 0.05) is 19.6 Å². The molecule has 0 unspecified atom stereocenters. The largest absolute Gasteiger partial charge is 0.447 e. The van der Waals surface area contributed by atoms with Crippen molar-refractivity contribution in [3.8, 4) is 0 Å². The molecule has 3 aliphatic rings. The highest BCUT2D eigenvalue weighted by atomic mass is 19.1. The Balaban J connectivity index is 1.69. The molecule has 0 aromatic heterocycles. The predicted molar refractivity (Wildman–Crippen MR) is 76.6 cm³/mol. The maximum Gasteiger partial charge on any atom is 0.414 e. The summed E-state index contributed by atoms with van der Waals surface area (Å²) in [5.41, 5.74) is 1.70. The molecule has 1 amide bonds. The topological polar surface area (TPSA) is 32.8 Å². The van der Waals surface area contributed by atoms with Crippen LogP contribution in [0.25, 0.3) is 0 Å². The van der Waals surface area contributed by atoms with Crippen LogP contribution in [0.15, 0.2) is 18.2 Å². The molecule has 4 nitrogen and oxygen atoms in total. The number of hydrogen-bond acceptors (Lipinski definition) is 3. The first kappa shape index (κ1) is 13.1. The van der Waals surface area contributed by atoms with Crippen molar-refractivity contribution in [2.45, 2.75) is 31.8 Å². The number of fused-ring (bicyclic) bond motifs is 3. The molecule has 4 rings (SSSR count). The Bertz CT molecular complexity index is 573. The third-order valence-electron chi connectivity index (χ3n) is 4.65. The molecule has 0 bridgehead atoms. The first-order chi connectivity index (χ1) is 10.2. The number of halogens is 1. The molecule has 2 fully saturated rings. The van der Waals surface area contributed by atoms with Gasteiger partial charge in [-0.15, -0.1) is 0 Å². The van der Waals surface area contributed by atoms with Crippen molar-refractivity contribution < 1.29 is 13.9 Å². The van der Waals surface area contributed by atoms with E-state index in [1.807, 2.05) is 0 Å². The molecular formula is C16H19FN2O2. The van der Waals surface area contributed by atoms with Crippen LogP contribution in [0.2, 0.25) is 0 Å². The standard InChI is InChI=1S/C16H19FN2O2/c17-13-4-3-12-9-18(8-11-1-2-11)6-5-14-10-21-16(20)19(14)15(12)7-13/h3-4,7,11,14H,1-2,5-6,8-10H2/t14-/m0/s1. The number of ether oxygens (including phenoxy) is 1. The molecule has 21 heavy (non-hydrogen) atoms. The van der Waals surface area contributed by atoms with Gasteiger partial charge in [0.05, 0.1) is 11.7 Å². The average Bonchev–Trinajstić information content (AvgIpc) is 3.19. The zero-order valence-electron chi connectivity index (χ0n) is 11.9. The highest BCUT2D eigenvalue weighted by Gasteiger charge is 2.37. The summed E-state index contributed by atoms with van der Waals surface area (Å²) >= 11 is 0. The Labute approximate surface area is 123 Å². The van der Waals surface area contributed by atoms with E-state index in [0.717, 1.165) is 37.5 Å². The van der Waals surface area contributed by atoms with E-state index in [2.05, 4.69) is 4.90 Å². The summed E-state index contributed by atoms with van der Waals surface area (Å²) in [6, 6.07) is 4.78. The molecule has 112 valence electrons. The van der Waals surface area contributed by atoms with Crippen LogP contribution in [0.4, 0.5) is 14.9 Å². The van der Waals surface area contributed by atoms with Crippen molar-refractivity contribution in [2.75, 3.05) is 24.6 Å². The number of carbonyl (C=O) groups is 1. The van der Waals surface area contributed by atoms with Gasteiger partial charge in [-0.05, 0) is 42.9 Å². The molecule has 1 aromatic carbocycles. The third-order valence-corrected chi connectivity index (χ3v) is 4.65. The molecule has 1 saturated heterocycles. The number of rotatable bonds is 2. The van der Waals surface area contributed by atoms with Gasteiger partial charge < -0.3 is 4.74 Å². The SMILES string of the molecule is O=C1OC[C@@H]2CCN(CC3CC3)Cc3ccc(F)cc3N12. The van der Waals surface area contributed by atoms with Gasteiger partial charge in [-0.2, -0.15) is 0 Å². The van der Waals surface area contributed by atoms with Crippen LogP contribution in [0.5, 0.6) is 0 Å². The van der Waals surface area contributed by atoms with Crippen molar-refractivity contribution in [1.82, 2.24) is 4.90 Å². The number of cyclic esters (lactones) is 1. The van der Waals surface area contributed by atoms with Gasteiger partial charge in [0.2, 0.25) is 0 Å². The number of hydrogen-bond donors (Lipinski definition) is 0. The van der Waals surface area contributed by atoms with E-state index in [9.17, 15) is 9.18 Å². The highest BCUT2D eigenvalue weighted by Crippen LogP contribution is 2.35.